The van der Waals surface area contributed by atoms with E-state index < -0.39 is 74.5 Å². The number of aliphatic hydroxyl groups is 1. The van der Waals surface area contributed by atoms with Crippen LogP contribution >= 0.6 is 23.2 Å². The molecule has 5 aromatic carbocycles. The Morgan fingerprint density at radius 2 is 1.06 bits per heavy atom. The molecule has 0 saturated heterocycles. The van der Waals surface area contributed by atoms with Crippen molar-refractivity contribution in [2.75, 3.05) is 56.1 Å². The smallest absolute Gasteiger partial charge is 0.253 e. The Balaban J connectivity index is 0.000000219. The summed E-state index contributed by atoms with van der Waals surface area (Å²) in [6.45, 7) is 5.45. The lowest BCUT2D eigenvalue weighted by atomic mass is 9.58. The molecule has 17 nitrogen and oxygen atoms in total. The van der Waals surface area contributed by atoms with Gasteiger partial charge in [0.25, 0.3) is 21.7 Å². The summed E-state index contributed by atoms with van der Waals surface area (Å²) in [4.78, 5) is 48.5. The third-order valence-corrected chi connectivity index (χ3v) is 17.7. The number of benzene rings is 3. The molecular formula is C45H54Cl2N6O11S2. The van der Waals surface area contributed by atoms with Gasteiger partial charge in [0.15, 0.2) is 11.5 Å². The fourth-order valence-electron chi connectivity index (χ4n) is 8.63. The van der Waals surface area contributed by atoms with Crippen LogP contribution in [0.15, 0.2) is 83.6 Å². The fraction of sp³-hybridized carbons (Fsp3) is 0.422. The highest BCUT2D eigenvalue weighted by molar-refractivity contribution is 7.89. The second kappa shape index (κ2) is 18.9. The van der Waals surface area contributed by atoms with Crippen LogP contribution < -0.4 is 43.0 Å². The van der Waals surface area contributed by atoms with Crippen molar-refractivity contribution in [3.63, 3.8) is 0 Å². The number of aromatic hydroxyl groups is 2. The number of sulfonamides is 2. The third kappa shape index (κ3) is 9.30. The summed E-state index contributed by atoms with van der Waals surface area (Å²) in [6, 6.07) is 13.9. The molecule has 8 rings (SSSR count). The summed E-state index contributed by atoms with van der Waals surface area (Å²) >= 11 is 12.1. The van der Waals surface area contributed by atoms with Crippen molar-refractivity contribution >= 4 is 77.4 Å². The van der Waals surface area contributed by atoms with Gasteiger partial charge in [0, 0.05) is 39.6 Å². The largest absolute Gasteiger partial charge is 0.504 e. The van der Waals surface area contributed by atoms with E-state index in [1.807, 2.05) is 37.3 Å². The van der Waals surface area contributed by atoms with Gasteiger partial charge in [0.2, 0.25) is 20.0 Å². The summed E-state index contributed by atoms with van der Waals surface area (Å²) in [5.74, 6) is -0.481. The third-order valence-electron chi connectivity index (χ3n) is 13.0. The van der Waals surface area contributed by atoms with Crippen LogP contribution in [0.2, 0.25) is 10.0 Å². The molecule has 0 spiro atoms. The molecule has 0 amide bonds. The minimum atomic E-state index is -4.10. The average Bonchev–Trinajstić information content (AvgIpc) is 3.29. The van der Waals surface area contributed by atoms with Gasteiger partial charge in [-0.05, 0) is 86.6 Å². The molecule has 7 N–H and O–H groups in total. The number of halogens is 2. The number of phenolic OH excluding ortho intramolecular Hbond substituents is 2. The van der Waals surface area contributed by atoms with Crippen molar-refractivity contribution < 1.29 is 32.2 Å². The number of fused-ring (bicyclic) bond motifs is 3. The second-order valence-corrected chi connectivity index (χ2v) is 23.0. The Bertz CT molecular complexity index is 3000. The maximum Gasteiger partial charge on any atom is 0.253 e. The first-order chi connectivity index (χ1) is 30.8. The van der Waals surface area contributed by atoms with E-state index in [4.69, 9.17) is 23.2 Å². The zero-order chi connectivity index (χ0) is 48.8. The Labute approximate surface area is 392 Å². The monoisotopic (exact) mass is 988 g/mol. The van der Waals surface area contributed by atoms with Crippen molar-refractivity contribution in [3.8, 4) is 11.5 Å². The maximum absolute atomic E-state index is 12.6. The molecule has 356 valence electrons. The molecule has 2 bridgehead atoms. The highest BCUT2D eigenvalue weighted by Gasteiger charge is 2.45. The zero-order valence-corrected chi connectivity index (χ0v) is 40.6. The highest BCUT2D eigenvalue weighted by atomic mass is 35.5. The first kappa shape index (κ1) is 50.4. The van der Waals surface area contributed by atoms with E-state index >= 15 is 0 Å². The van der Waals surface area contributed by atoms with Gasteiger partial charge in [-0.3, -0.25) is 19.2 Å². The van der Waals surface area contributed by atoms with Crippen molar-refractivity contribution in [2.24, 2.45) is 16.7 Å². The molecular weight excluding hydrogens is 936 g/mol. The van der Waals surface area contributed by atoms with Crippen LogP contribution in [0, 0.1) is 16.7 Å². The molecule has 3 aliphatic rings. The molecule has 2 unspecified atom stereocenters. The van der Waals surface area contributed by atoms with Gasteiger partial charge < -0.3 is 36.6 Å². The van der Waals surface area contributed by atoms with Crippen LogP contribution in [0.1, 0.15) is 70.9 Å². The quantitative estimate of drug-likeness (QED) is 0.0429. The summed E-state index contributed by atoms with van der Waals surface area (Å²) in [7, 11) is -2.91. The number of nitrogens with one attached hydrogen (secondary N) is 4. The van der Waals surface area contributed by atoms with E-state index in [0.717, 1.165) is 39.4 Å². The van der Waals surface area contributed by atoms with Gasteiger partial charge in [-0.15, -0.1) is 0 Å². The second-order valence-electron chi connectivity index (χ2n) is 18.0. The van der Waals surface area contributed by atoms with E-state index in [2.05, 4.69) is 21.3 Å². The van der Waals surface area contributed by atoms with Crippen molar-refractivity contribution in [1.29, 1.82) is 0 Å². The molecule has 2 atom stereocenters. The lowest BCUT2D eigenvalue weighted by Gasteiger charge is -2.50. The van der Waals surface area contributed by atoms with Crippen LogP contribution in [-0.4, -0.2) is 81.6 Å². The predicted molar refractivity (Wildman–Crippen MR) is 258 cm³/mol. The van der Waals surface area contributed by atoms with Gasteiger partial charge in [-0.25, -0.2) is 25.4 Å². The Kier molecular flexibility index (Phi) is 14.5. The minimum Gasteiger partial charge on any atom is -0.504 e. The van der Waals surface area contributed by atoms with E-state index in [1.165, 1.54) is 71.7 Å². The number of aliphatic hydroxyl groups excluding tert-OH is 1. The molecule has 5 aromatic rings. The number of anilines is 6. The summed E-state index contributed by atoms with van der Waals surface area (Å²) in [6.07, 6.45) is 6.91. The molecule has 66 heavy (non-hydrogen) atoms. The first-order valence-corrected chi connectivity index (χ1v) is 24.7. The molecule has 0 heterocycles. The fourth-order valence-corrected chi connectivity index (χ4v) is 11.6. The lowest BCUT2D eigenvalue weighted by Crippen LogP contribution is -2.48. The van der Waals surface area contributed by atoms with Crippen molar-refractivity contribution in [1.82, 2.24) is 8.61 Å². The van der Waals surface area contributed by atoms with E-state index in [0.29, 0.717) is 0 Å². The molecule has 0 radical (unpaired) electrons. The Morgan fingerprint density at radius 1 is 0.667 bits per heavy atom. The first-order valence-electron chi connectivity index (χ1n) is 21.1. The Hall–Kier alpha value is -5.02. The maximum atomic E-state index is 12.6. The molecule has 3 fully saturated rings. The highest BCUT2D eigenvalue weighted by Crippen LogP contribution is 2.53. The number of nitrogens with zero attached hydrogens (tertiary/aromatic N) is 2. The number of rotatable bonds is 16. The van der Waals surface area contributed by atoms with Crippen LogP contribution in [-0.2, 0) is 20.0 Å². The number of hydrogen-bond donors (Lipinski definition) is 7. The van der Waals surface area contributed by atoms with Crippen LogP contribution in [0.5, 0.6) is 11.5 Å². The summed E-state index contributed by atoms with van der Waals surface area (Å²) in [5.41, 5.74) is -2.85. The SMILES string of the molecule is CC(Nc1c(Nc2ccc(Cl)c(S(=O)(=O)N(C)C)c2O)c(=O)c1=O)C12CCC(CC1)CC2.CN(C)S(=O)(=O)c1c(Cl)ccc(Nc2c(NC(c3ccccc3)C(C)(C)CO)c(=O)c2=O)c1O. The Morgan fingerprint density at radius 3 is 1.45 bits per heavy atom. The van der Waals surface area contributed by atoms with Gasteiger partial charge in [-0.2, -0.15) is 0 Å². The molecule has 0 aliphatic heterocycles. The molecule has 3 aliphatic carbocycles. The molecule has 0 aromatic heterocycles. The van der Waals surface area contributed by atoms with Crippen LogP contribution in [0.3, 0.4) is 0 Å². The predicted octanol–water partition coefficient (Wildman–Crippen LogP) is 6.21. The van der Waals surface area contributed by atoms with Gasteiger partial charge in [0.05, 0.1) is 34.1 Å². The van der Waals surface area contributed by atoms with Gasteiger partial charge in [-0.1, -0.05) is 67.4 Å². The topological polar surface area (TPSA) is 252 Å². The van der Waals surface area contributed by atoms with Gasteiger partial charge in [0.1, 0.15) is 32.5 Å². The molecule has 21 heteroatoms. The van der Waals surface area contributed by atoms with Crippen LogP contribution in [0.4, 0.5) is 34.1 Å². The van der Waals surface area contributed by atoms with E-state index in [-0.39, 0.29) is 62.2 Å². The number of phenols is 2. The van der Waals surface area contributed by atoms with Crippen molar-refractivity contribution in [3.05, 3.63) is 111 Å². The summed E-state index contributed by atoms with van der Waals surface area (Å²) < 4.78 is 52.2. The van der Waals surface area contributed by atoms with Crippen molar-refractivity contribution in [2.45, 2.75) is 81.2 Å². The minimum absolute atomic E-state index is 0.0103. The number of hydrogen-bond acceptors (Lipinski definition) is 15. The average molecular weight is 990 g/mol. The van der Waals surface area contributed by atoms with E-state index in [9.17, 15) is 51.3 Å². The van der Waals surface area contributed by atoms with E-state index in [1.54, 1.807) is 13.8 Å². The van der Waals surface area contributed by atoms with Crippen LogP contribution in [0.25, 0.3) is 0 Å². The standard InChI is InChI=1S/C23H26ClN3O6S.C22H28ClN3O5S/c1-23(2,12-28)22(13-8-6-5-7-9-13)26-17-16(19(30)20(17)31)25-15-11-10-14(24)21(18(15)29)34(32,33)27(3)4;1-12(22-9-6-13(7-10-22)8-11-22)24-16-17(20(29)19(16)28)25-15-5-4-14(23)21(18(15)27)32(30,31)26(2)3/h5-11,22,25-26,28-29H,12H2,1-4H3;4-5,12-13,24-25,27H,6-11H2,1-3H3. The summed E-state index contributed by atoms with van der Waals surface area (Å²) in [5, 5.41) is 42.6. The molecule has 3 saturated carbocycles. The van der Waals surface area contributed by atoms with Gasteiger partial charge >= 0.3 is 0 Å². The normalized spacial score (nSPS) is 18.5. The zero-order valence-electron chi connectivity index (χ0n) is 37.5. The lowest BCUT2D eigenvalue weighted by molar-refractivity contribution is 0.0513.